The molecule has 156 valence electrons. The molecule has 4 nitrogen and oxygen atoms in total. The molecule has 1 aromatic carbocycles. The van der Waals surface area contributed by atoms with E-state index in [4.69, 9.17) is 4.74 Å². The SMILES string of the molecule is COc1ccc(C2=c3ccc([nH]3)=Cc3ccc([nH]3)C=c3ccc([nH]3)=Cc3ccc2s3)cc1. The van der Waals surface area contributed by atoms with Gasteiger partial charge in [-0.05, 0) is 84.5 Å². The lowest BCUT2D eigenvalue weighted by molar-refractivity contribution is 0.415. The van der Waals surface area contributed by atoms with Gasteiger partial charge < -0.3 is 19.7 Å². The van der Waals surface area contributed by atoms with Crippen LogP contribution >= 0.6 is 11.3 Å². The van der Waals surface area contributed by atoms with Crippen LogP contribution in [0.5, 0.6) is 5.75 Å². The highest BCUT2D eigenvalue weighted by Gasteiger charge is 2.11. The minimum absolute atomic E-state index is 0.852. The number of hydrogen-bond acceptors (Lipinski definition) is 2. The molecule has 32 heavy (non-hydrogen) atoms. The Balaban J connectivity index is 1.64. The van der Waals surface area contributed by atoms with Crippen LogP contribution in [0.15, 0.2) is 72.8 Å². The summed E-state index contributed by atoms with van der Waals surface area (Å²) in [7, 11) is 1.69. The molecule has 5 heteroatoms. The number of fused-ring (bicyclic) bond motifs is 8. The van der Waals surface area contributed by atoms with Gasteiger partial charge in [-0.1, -0.05) is 12.1 Å². The van der Waals surface area contributed by atoms with Crippen LogP contribution in [-0.2, 0) is 0 Å². The van der Waals surface area contributed by atoms with Crippen molar-refractivity contribution in [1.82, 2.24) is 15.0 Å². The largest absolute Gasteiger partial charge is 0.497 e. The molecule has 0 aliphatic carbocycles. The highest BCUT2D eigenvalue weighted by Crippen LogP contribution is 2.29. The zero-order valence-electron chi connectivity index (χ0n) is 17.5. The van der Waals surface area contributed by atoms with Crippen molar-refractivity contribution in [3.05, 3.63) is 121 Å². The topological polar surface area (TPSA) is 56.6 Å². The number of H-pyrrole nitrogens is 3. The second-order valence-electron chi connectivity index (χ2n) is 7.80. The Morgan fingerprint density at radius 1 is 0.625 bits per heavy atom. The average Bonchev–Trinajstić information content (AvgIpc) is 3.60. The molecule has 5 aromatic rings. The van der Waals surface area contributed by atoms with Crippen LogP contribution in [0.25, 0.3) is 23.8 Å². The first kappa shape index (κ1) is 18.8. The van der Waals surface area contributed by atoms with Gasteiger partial charge >= 0.3 is 0 Å². The van der Waals surface area contributed by atoms with Gasteiger partial charge in [-0.15, -0.1) is 11.3 Å². The number of ether oxygens (including phenoxy) is 1. The third kappa shape index (κ3) is 3.53. The summed E-state index contributed by atoms with van der Waals surface area (Å²) in [4.78, 5) is 13.0. The van der Waals surface area contributed by atoms with Crippen LogP contribution in [0.1, 0.15) is 26.7 Å². The molecule has 0 fully saturated rings. The highest BCUT2D eigenvalue weighted by atomic mass is 32.1. The van der Waals surface area contributed by atoms with E-state index in [9.17, 15) is 0 Å². The van der Waals surface area contributed by atoms with Crippen molar-refractivity contribution in [2.24, 2.45) is 0 Å². The van der Waals surface area contributed by atoms with Crippen molar-refractivity contribution in [2.45, 2.75) is 0 Å². The van der Waals surface area contributed by atoms with Gasteiger partial charge in [0.15, 0.2) is 0 Å². The maximum absolute atomic E-state index is 5.37. The number of hydrogen-bond donors (Lipinski definition) is 3. The summed E-state index contributed by atoms with van der Waals surface area (Å²) in [5.41, 5.74) is 4.44. The molecule has 5 heterocycles. The molecule has 0 amide bonds. The summed E-state index contributed by atoms with van der Waals surface area (Å²) in [6.07, 6.45) is 6.44. The maximum atomic E-state index is 5.37. The summed E-state index contributed by atoms with van der Waals surface area (Å²) >= 11 is 1.78. The molecular weight excluding hydrogens is 414 g/mol. The van der Waals surface area contributed by atoms with E-state index in [1.165, 1.54) is 15.3 Å². The lowest BCUT2D eigenvalue weighted by Gasteiger charge is -2.07. The Labute approximate surface area is 188 Å². The number of benzene rings is 1. The molecule has 0 spiro atoms. The van der Waals surface area contributed by atoms with Crippen molar-refractivity contribution in [2.75, 3.05) is 7.11 Å². The maximum Gasteiger partial charge on any atom is 0.118 e. The van der Waals surface area contributed by atoms with Crippen LogP contribution in [-0.4, -0.2) is 22.1 Å². The van der Waals surface area contributed by atoms with E-state index in [1.54, 1.807) is 18.4 Å². The number of aromatic amines is 3. The first-order valence-electron chi connectivity index (χ1n) is 10.5. The van der Waals surface area contributed by atoms with Crippen LogP contribution in [0, 0.1) is 0 Å². The second-order valence-corrected chi connectivity index (χ2v) is 8.92. The predicted molar refractivity (Wildman–Crippen MR) is 131 cm³/mol. The van der Waals surface area contributed by atoms with Crippen molar-refractivity contribution >= 4 is 35.1 Å². The van der Waals surface area contributed by atoms with E-state index in [0.717, 1.165) is 44.1 Å². The molecule has 1 aliphatic rings. The van der Waals surface area contributed by atoms with E-state index in [-0.39, 0.29) is 0 Å². The quantitative estimate of drug-likeness (QED) is 0.385. The Bertz CT molecular complexity index is 1660. The lowest BCUT2D eigenvalue weighted by atomic mass is 10.0. The van der Waals surface area contributed by atoms with Gasteiger partial charge in [0.2, 0.25) is 0 Å². The lowest BCUT2D eigenvalue weighted by Crippen LogP contribution is -2.14. The van der Waals surface area contributed by atoms with Crippen LogP contribution < -0.4 is 26.1 Å². The molecule has 6 rings (SSSR count). The Morgan fingerprint density at radius 3 is 2.06 bits per heavy atom. The molecule has 0 atom stereocenters. The van der Waals surface area contributed by atoms with Gasteiger partial charge in [0.05, 0.1) is 7.11 Å². The highest BCUT2D eigenvalue weighted by molar-refractivity contribution is 7.14. The first-order chi connectivity index (χ1) is 15.7. The Hall–Kier alpha value is -3.96. The van der Waals surface area contributed by atoms with Crippen LogP contribution in [0.2, 0.25) is 0 Å². The third-order valence-corrected chi connectivity index (χ3v) is 6.66. The first-order valence-corrected chi connectivity index (χ1v) is 11.3. The molecule has 8 bridgehead atoms. The van der Waals surface area contributed by atoms with E-state index < -0.39 is 0 Å². The number of thiophene rings is 1. The summed E-state index contributed by atoms with van der Waals surface area (Å²) in [5.74, 6) is 0.852. The Morgan fingerprint density at radius 2 is 1.31 bits per heavy atom. The molecule has 0 saturated carbocycles. The monoisotopic (exact) mass is 435 g/mol. The van der Waals surface area contributed by atoms with E-state index >= 15 is 0 Å². The molecule has 0 saturated heterocycles. The van der Waals surface area contributed by atoms with E-state index in [2.05, 4.69) is 93.8 Å². The zero-order valence-corrected chi connectivity index (χ0v) is 18.3. The molecule has 4 aromatic heterocycles. The smallest absolute Gasteiger partial charge is 0.118 e. The fraction of sp³-hybridized carbons (Fsp3) is 0.0370. The van der Waals surface area contributed by atoms with Crippen molar-refractivity contribution in [3.8, 4) is 5.75 Å². The van der Waals surface area contributed by atoms with Gasteiger partial charge in [0.25, 0.3) is 0 Å². The second kappa shape index (κ2) is 7.62. The van der Waals surface area contributed by atoms with E-state index in [1.807, 2.05) is 12.1 Å². The number of aromatic nitrogens is 3. The number of methoxy groups -OCH3 is 1. The number of nitrogens with one attached hydrogen (secondary N) is 3. The minimum Gasteiger partial charge on any atom is -0.497 e. The molecule has 3 N–H and O–H groups in total. The summed E-state index contributed by atoms with van der Waals surface area (Å²) in [6, 6.07) is 25.3. The summed E-state index contributed by atoms with van der Waals surface area (Å²) in [5, 5.41) is 4.30. The minimum atomic E-state index is 0.852. The van der Waals surface area contributed by atoms with Crippen molar-refractivity contribution in [1.29, 1.82) is 0 Å². The summed E-state index contributed by atoms with van der Waals surface area (Å²) < 4.78 is 5.37. The normalized spacial score (nSPS) is 12.6. The van der Waals surface area contributed by atoms with Gasteiger partial charge in [0.1, 0.15) is 5.75 Å². The fourth-order valence-corrected chi connectivity index (χ4v) is 5.12. The van der Waals surface area contributed by atoms with Gasteiger partial charge in [-0.25, -0.2) is 0 Å². The zero-order chi connectivity index (χ0) is 21.5. The molecule has 0 unspecified atom stereocenters. The standard InChI is InChI=1S/C27H21N3OS/c1-31-23-9-2-17(3-10-23)27-25-12-8-21(30-25)15-20-5-4-18(28-20)14-19-6-7-22(29-19)16-24-11-13-26(27)32-24/h2-16,28-30H,1H3. The van der Waals surface area contributed by atoms with Gasteiger partial charge in [-0.3, -0.25) is 0 Å². The summed E-state index contributed by atoms with van der Waals surface area (Å²) in [6.45, 7) is 0. The van der Waals surface area contributed by atoms with Gasteiger partial charge in [-0.2, -0.15) is 0 Å². The molecule has 1 aliphatic heterocycles. The predicted octanol–water partition coefficient (Wildman–Crippen LogP) is 2.79. The molecule has 0 radical (unpaired) electrons. The van der Waals surface area contributed by atoms with Crippen LogP contribution in [0.3, 0.4) is 0 Å². The average molecular weight is 436 g/mol. The van der Waals surface area contributed by atoms with E-state index in [0.29, 0.717) is 0 Å². The fourth-order valence-electron chi connectivity index (χ4n) is 4.08. The van der Waals surface area contributed by atoms with Crippen LogP contribution in [0.4, 0.5) is 0 Å². The number of rotatable bonds is 2. The molecular formula is C27H21N3OS. The van der Waals surface area contributed by atoms with Crippen molar-refractivity contribution in [3.63, 3.8) is 0 Å². The van der Waals surface area contributed by atoms with Gasteiger partial charge in [0, 0.05) is 48.1 Å². The third-order valence-electron chi connectivity index (χ3n) is 5.61. The Kier molecular flexibility index (Phi) is 4.47. The van der Waals surface area contributed by atoms with Crippen molar-refractivity contribution < 1.29 is 4.74 Å².